The number of nitrogens with zero attached hydrogens (tertiary/aromatic N) is 1. The maximum absolute atomic E-state index is 12.4. The number of hydrogen-bond donors (Lipinski definition) is 2. The first-order valence-corrected chi connectivity index (χ1v) is 8.22. The number of amides is 2. The van der Waals surface area contributed by atoms with Gasteiger partial charge in [0.1, 0.15) is 13.2 Å². The van der Waals surface area contributed by atoms with Crippen LogP contribution >= 0.6 is 0 Å². The van der Waals surface area contributed by atoms with E-state index in [1.807, 2.05) is 25.1 Å². The number of carbonyl (C=O) groups excluding carboxylic acids is 1. The number of likely N-dealkylation sites (tertiary alicyclic amines) is 1. The molecule has 0 bridgehead atoms. The Morgan fingerprint density at radius 3 is 2.54 bits per heavy atom. The van der Waals surface area contributed by atoms with Crippen molar-refractivity contribution in [2.45, 2.75) is 25.8 Å². The fourth-order valence-electron chi connectivity index (χ4n) is 3.02. The number of carboxylic acid groups (broad SMARTS) is 1. The van der Waals surface area contributed by atoms with E-state index < -0.39 is 5.97 Å². The average molecular weight is 334 g/mol. The Bertz CT molecular complexity index is 625. The van der Waals surface area contributed by atoms with Gasteiger partial charge in [0.2, 0.25) is 0 Å². The van der Waals surface area contributed by atoms with Crippen LogP contribution in [0.15, 0.2) is 18.2 Å². The molecule has 130 valence electrons. The van der Waals surface area contributed by atoms with Crippen LogP contribution in [0.2, 0.25) is 0 Å². The summed E-state index contributed by atoms with van der Waals surface area (Å²) in [5.74, 6) is 0.297. The summed E-state index contributed by atoms with van der Waals surface area (Å²) in [4.78, 5) is 25.0. The Morgan fingerprint density at radius 1 is 1.21 bits per heavy atom. The van der Waals surface area contributed by atoms with Crippen molar-refractivity contribution in [3.05, 3.63) is 23.8 Å². The highest BCUT2D eigenvalue weighted by Crippen LogP contribution is 2.32. The lowest BCUT2D eigenvalue weighted by atomic mass is 9.97. The van der Waals surface area contributed by atoms with Crippen molar-refractivity contribution in [3.8, 4) is 11.5 Å². The number of benzene rings is 1. The average Bonchev–Trinajstić information content (AvgIpc) is 2.61. The van der Waals surface area contributed by atoms with Gasteiger partial charge in [0.25, 0.3) is 0 Å². The first-order valence-electron chi connectivity index (χ1n) is 8.22. The van der Waals surface area contributed by atoms with E-state index in [1.54, 1.807) is 4.90 Å². The predicted molar refractivity (Wildman–Crippen MR) is 86.3 cm³/mol. The minimum Gasteiger partial charge on any atom is -0.486 e. The summed E-state index contributed by atoms with van der Waals surface area (Å²) in [5.41, 5.74) is 0.938. The molecule has 0 aromatic heterocycles. The molecule has 24 heavy (non-hydrogen) atoms. The molecule has 0 radical (unpaired) electrons. The number of fused-ring (bicyclic) bond motifs is 1. The number of hydrogen-bond acceptors (Lipinski definition) is 4. The quantitative estimate of drug-likeness (QED) is 0.883. The van der Waals surface area contributed by atoms with Crippen molar-refractivity contribution in [1.82, 2.24) is 10.2 Å². The molecule has 1 atom stereocenters. The summed E-state index contributed by atoms with van der Waals surface area (Å²) in [6, 6.07) is 5.31. The summed E-state index contributed by atoms with van der Waals surface area (Å²) in [6.07, 6.45) is 1.00. The van der Waals surface area contributed by atoms with Crippen molar-refractivity contribution in [3.63, 3.8) is 0 Å². The topological polar surface area (TPSA) is 88.1 Å². The summed E-state index contributed by atoms with van der Waals surface area (Å²) < 4.78 is 11.1. The van der Waals surface area contributed by atoms with Crippen LogP contribution in [0.1, 0.15) is 31.4 Å². The highest BCUT2D eigenvalue weighted by molar-refractivity contribution is 5.76. The normalized spacial score (nSPS) is 18.8. The van der Waals surface area contributed by atoms with Gasteiger partial charge >= 0.3 is 12.0 Å². The van der Waals surface area contributed by atoms with Crippen LogP contribution in [-0.2, 0) is 4.79 Å². The summed E-state index contributed by atoms with van der Waals surface area (Å²) in [5, 5.41) is 12.0. The zero-order valence-corrected chi connectivity index (χ0v) is 13.7. The molecule has 7 heteroatoms. The Balaban J connectivity index is 1.57. The fraction of sp³-hybridized carbons (Fsp3) is 0.529. The van der Waals surface area contributed by atoms with Crippen molar-refractivity contribution in [2.24, 2.45) is 5.92 Å². The van der Waals surface area contributed by atoms with E-state index >= 15 is 0 Å². The molecular weight excluding hydrogens is 312 g/mol. The molecule has 1 saturated heterocycles. The van der Waals surface area contributed by atoms with Gasteiger partial charge < -0.3 is 24.8 Å². The van der Waals surface area contributed by atoms with Crippen molar-refractivity contribution >= 4 is 12.0 Å². The molecule has 0 spiro atoms. The first kappa shape index (κ1) is 16.4. The standard InChI is InChI=1S/C17H22N2O5/c1-11(13-2-3-14-15(10-13)24-9-8-23-14)18-17(22)19-6-4-12(5-7-19)16(20)21/h2-3,10-12H,4-9H2,1H3,(H,18,22)(H,20,21). The Hall–Kier alpha value is -2.44. The zero-order valence-electron chi connectivity index (χ0n) is 13.7. The lowest BCUT2D eigenvalue weighted by Crippen LogP contribution is -2.46. The lowest BCUT2D eigenvalue weighted by Gasteiger charge is -2.31. The maximum atomic E-state index is 12.4. The smallest absolute Gasteiger partial charge is 0.317 e. The van der Waals surface area contributed by atoms with Gasteiger partial charge in [-0.05, 0) is 37.5 Å². The molecule has 1 fully saturated rings. The predicted octanol–water partition coefficient (Wildman–Crippen LogP) is 2.03. The fourth-order valence-corrected chi connectivity index (χ4v) is 3.02. The maximum Gasteiger partial charge on any atom is 0.317 e. The van der Waals surface area contributed by atoms with Crippen molar-refractivity contribution in [1.29, 1.82) is 0 Å². The highest BCUT2D eigenvalue weighted by Gasteiger charge is 2.27. The number of ether oxygens (including phenoxy) is 2. The van der Waals surface area contributed by atoms with Gasteiger partial charge in [-0.25, -0.2) is 4.79 Å². The minimum atomic E-state index is -0.778. The Morgan fingerprint density at radius 2 is 1.88 bits per heavy atom. The molecule has 0 saturated carbocycles. The number of urea groups is 1. The minimum absolute atomic E-state index is 0.166. The summed E-state index contributed by atoms with van der Waals surface area (Å²) in [6.45, 7) is 3.92. The van der Waals surface area contributed by atoms with Crippen molar-refractivity contribution < 1.29 is 24.2 Å². The van der Waals surface area contributed by atoms with Crippen molar-refractivity contribution in [2.75, 3.05) is 26.3 Å². The van der Waals surface area contributed by atoms with E-state index in [0.29, 0.717) is 44.9 Å². The third-order valence-corrected chi connectivity index (χ3v) is 4.54. The van der Waals surface area contributed by atoms with Crippen LogP contribution in [0, 0.1) is 5.92 Å². The lowest BCUT2D eigenvalue weighted by molar-refractivity contribution is -0.143. The molecule has 1 aromatic rings. The molecule has 2 heterocycles. The van der Waals surface area contributed by atoms with Crippen LogP contribution in [0.5, 0.6) is 11.5 Å². The Labute approximate surface area is 140 Å². The molecular formula is C17H22N2O5. The van der Waals surface area contributed by atoms with Gasteiger partial charge in [-0.3, -0.25) is 4.79 Å². The number of carboxylic acids is 1. The molecule has 7 nitrogen and oxygen atoms in total. The van der Waals surface area contributed by atoms with Crippen LogP contribution < -0.4 is 14.8 Å². The molecule has 2 aliphatic rings. The SMILES string of the molecule is CC(NC(=O)N1CCC(C(=O)O)CC1)c1ccc2c(c1)OCCO2. The summed E-state index contributed by atoms with van der Waals surface area (Å²) >= 11 is 0. The molecule has 2 aliphatic heterocycles. The number of rotatable bonds is 3. The van der Waals surface area contributed by atoms with Crippen LogP contribution in [0.3, 0.4) is 0 Å². The number of piperidine rings is 1. The third-order valence-electron chi connectivity index (χ3n) is 4.54. The van der Waals surface area contributed by atoms with E-state index in [0.717, 1.165) is 11.3 Å². The van der Waals surface area contributed by atoms with Crippen LogP contribution in [0.25, 0.3) is 0 Å². The van der Waals surface area contributed by atoms with E-state index in [1.165, 1.54) is 0 Å². The third kappa shape index (κ3) is 3.55. The van der Waals surface area contributed by atoms with Crippen LogP contribution in [0.4, 0.5) is 4.79 Å². The second-order valence-electron chi connectivity index (χ2n) is 6.17. The van der Waals surface area contributed by atoms with Gasteiger partial charge in [0.15, 0.2) is 11.5 Å². The molecule has 1 unspecified atom stereocenters. The van der Waals surface area contributed by atoms with E-state index in [4.69, 9.17) is 14.6 Å². The van der Waals surface area contributed by atoms with Gasteiger partial charge in [0.05, 0.1) is 12.0 Å². The molecule has 1 aromatic carbocycles. The van der Waals surface area contributed by atoms with E-state index in [2.05, 4.69) is 5.32 Å². The molecule has 0 aliphatic carbocycles. The number of carbonyl (C=O) groups is 2. The first-order chi connectivity index (χ1) is 11.5. The van der Waals surface area contributed by atoms with Gasteiger partial charge in [0, 0.05) is 13.1 Å². The zero-order chi connectivity index (χ0) is 17.1. The second-order valence-corrected chi connectivity index (χ2v) is 6.17. The number of aliphatic carboxylic acids is 1. The van der Waals surface area contributed by atoms with Crippen LogP contribution in [-0.4, -0.2) is 48.3 Å². The number of nitrogens with one attached hydrogen (secondary N) is 1. The highest BCUT2D eigenvalue weighted by atomic mass is 16.6. The molecule has 2 N–H and O–H groups in total. The van der Waals surface area contributed by atoms with E-state index in [-0.39, 0.29) is 18.0 Å². The van der Waals surface area contributed by atoms with Gasteiger partial charge in [-0.1, -0.05) is 6.07 Å². The largest absolute Gasteiger partial charge is 0.486 e. The van der Waals surface area contributed by atoms with E-state index in [9.17, 15) is 9.59 Å². The molecule has 2 amide bonds. The second kappa shape index (κ2) is 6.98. The Kier molecular flexibility index (Phi) is 4.78. The monoisotopic (exact) mass is 334 g/mol. The summed E-state index contributed by atoms with van der Waals surface area (Å²) in [7, 11) is 0. The molecule has 3 rings (SSSR count). The van der Waals surface area contributed by atoms with Gasteiger partial charge in [-0.2, -0.15) is 0 Å². The van der Waals surface area contributed by atoms with Gasteiger partial charge in [-0.15, -0.1) is 0 Å².